The van der Waals surface area contributed by atoms with Gasteiger partial charge in [-0.1, -0.05) is 28.1 Å². The Kier molecular flexibility index (Phi) is 3.01. The quantitative estimate of drug-likeness (QED) is 0.893. The summed E-state index contributed by atoms with van der Waals surface area (Å²) in [5.41, 5.74) is 1.43. The minimum Gasteiger partial charge on any atom is -0.316 e. The summed E-state index contributed by atoms with van der Waals surface area (Å²) in [6.07, 6.45) is 0. The third kappa shape index (κ3) is 2.17. The highest BCUT2D eigenvalue weighted by Gasteiger charge is 2.35. The first-order valence-corrected chi connectivity index (χ1v) is 6.78. The minimum absolute atomic E-state index is 0.899. The molecule has 0 spiro atoms. The van der Waals surface area contributed by atoms with E-state index in [-0.39, 0.29) is 0 Å². The molecule has 2 aliphatic heterocycles. The molecular weight excluding hydrogens is 264 g/mol. The van der Waals surface area contributed by atoms with Crippen LogP contribution in [0.15, 0.2) is 28.7 Å². The Morgan fingerprint density at radius 2 is 1.75 bits per heavy atom. The van der Waals surface area contributed by atoms with E-state index in [1.54, 1.807) is 0 Å². The van der Waals surface area contributed by atoms with Gasteiger partial charge in [-0.2, -0.15) is 0 Å². The van der Waals surface area contributed by atoms with Crippen molar-refractivity contribution in [3.05, 3.63) is 34.3 Å². The van der Waals surface area contributed by atoms with E-state index < -0.39 is 0 Å². The lowest BCUT2D eigenvalue weighted by Crippen LogP contribution is -2.25. The number of nitrogens with one attached hydrogen (secondary N) is 1. The topological polar surface area (TPSA) is 15.3 Å². The van der Waals surface area contributed by atoms with Gasteiger partial charge in [0.25, 0.3) is 0 Å². The normalized spacial score (nSPS) is 29.6. The largest absolute Gasteiger partial charge is 0.316 e. The average Bonchev–Trinajstić information content (AvgIpc) is 2.81. The second-order valence-electron chi connectivity index (χ2n) is 5.00. The third-order valence-corrected chi connectivity index (χ3v) is 4.31. The highest BCUT2D eigenvalue weighted by atomic mass is 79.9. The predicted molar refractivity (Wildman–Crippen MR) is 69.3 cm³/mol. The third-order valence-electron chi connectivity index (χ3n) is 3.78. The van der Waals surface area contributed by atoms with Crippen LogP contribution in [0.5, 0.6) is 0 Å². The molecule has 3 rings (SSSR count). The van der Waals surface area contributed by atoms with Crippen LogP contribution in [-0.4, -0.2) is 31.1 Å². The molecule has 2 unspecified atom stereocenters. The van der Waals surface area contributed by atoms with E-state index in [2.05, 4.69) is 50.4 Å². The van der Waals surface area contributed by atoms with Crippen molar-refractivity contribution >= 4 is 15.9 Å². The Hall–Kier alpha value is -0.380. The van der Waals surface area contributed by atoms with E-state index in [1.807, 2.05) is 0 Å². The predicted octanol–water partition coefficient (Wildman–Crippen LogP) is 2.10. The van der Waals surface area contributed by atoms with Crippen LogP contribution in [-0.2, 0) is 6.54 Å². The molecule has 1 N–H and O–H groups in total. The number of fused-ring (bicyclic) bond motifs is 1. The number of halogens is 1. The van der Waals surface area contributed by atoms with Crippen molar-refractivity contribution in [3.8, 4) is 0 Å². The molecule has 86 valence electrons. The Labute approximate surface area is 105 Å². The van der Waals surface area contributed by atoms with E-state index in [0.29, 0.717) is 0 Å². The Morgan fingerprint density at radius 1 is 1.12 bits per heavy atom. The van der Waals surface area contributed by atoms with Crippen LogP contribution < -0.4 is 5.32 Å². The maximum atomic E-state index is 3.48. The van der Waals surface area contributed by atoms with Gasteiger partial charge in [-0.15, -0.1) is 0 Å². The van der Waals surface area contributed by atoms with Crippen LogP contribution in [0.25, 0.3) is 0 Å². The van der Waals surface area contributed by atoms with E-state index in [1.165, 1.54) is 36.2 Å². The van der Waals surface area contributed by atoms with Crippen molar-refractivity contribution < 1.29 is 0 Å². The molecular formula is C13H17BrN2. The first kappa shape index (κ1) is 10.8. The van der Waals surface area contributed by atoms with E-state index in [0.717, 1.165) is 18.4 Å². The summed E-state index contributed by atoms with van der Waals surface area (Å²) in [5, 5.41) is 3.48. The molecule has 0 bridgehead atoms. The monoisotopic (exact) mass is 280 g/mol. The first-order chi connectivity index (χ1) is 7.81. The van der Waals surface area contributed by atoms with Gasteiger partial charge in [0.2, 0.25) is 0 Å². The van der Waals surface area contributed by atoms with Crippen LogP contribution in [0, 0.1) is 11.8 Å². The molecule has 16 heavy (non-hydrogen) atoms. The average molecular weight is 281 g/mol. The molecule has 0 saturated carbocycles. The zero-order valence-electron chi connectivity index (χ0n) is 9.32. The molecule has 3 heteroatoms. The number of likely N-dealkylation sites (tertiary alicyclic amines) is 1. The van der Waals surface area contributed by atoms with Crippen molar-refractivity contribution in [2.24, 2.45) is 11.8 Å². The standard InChI is InChI=1S/C13H17BrN2/c14-13-3-1-10(2-4-13)7-16-8-11-5-15-6-12(11)9-16/h1-4,11-12,15H,5-9H2. The summed E-state index contributed by atoms with van der Waals surface area (Å²) >= 11 is 3.48. The number of rotatable bonds is 2. The molecule has 2 nitrogen and oxygen atoms in total. The molecule has 0 radical (unpaired) electrons. The number of hydrogen-bond acceptors (Lipinski definition) is 2. The van der Waals surface area contributed by atoms with Gasteiger partial charge in [0.1, 0.15) is 0 Å². The Balaban J connectivity index is 1.62. The van der Waals surface area contributed by atoms with Gasteiger partial charge in [0, 0.05) is 24.1 Å². The van der Waals surface area contributed by atoms with Gasteiger partial charge in [-0.3, -0.25) is 4.90 Å². The molecule has 2 heterocycles. The van der Waals surface area contributed by atoms with Crippen LogP contribution >= 0.6 is 15.9 Å². The summed E-state index contributed by atoms with van der Waals surface area (Å²) in [7, 11) is 0. The molecule has 2 fully saturated rings. The summed E-state index contributed by atoms with van der Waals surface area (Å²) in [6, 6.07) is 8.70. The van der Waals surface area contributed by atoms with Gasteiger partial charge < -0.3 is 5.32 Å². The van der Waals surface area contributed by atoms with Gasteiger partial charge in [0.15, 0.2) is 0 Å². The van der Waals surface area contributed by atoms with Crippen LogP contribution in [0.4, 0.5) is 0 Å². The van der Waals surface area contributed by atoms with Crippen molar-refractivity contribution in [1.29, 1.82) is 0 Å². The number of nitrogens with zero attached hydrogens (tertiary/aromatic N) is 1. The molecule has 2 atom stereocenters. The smallest absolute Gasteiger partial charge is 0.0234 e. The molecule has 0 aliphatic carbocycles. The molecule has 2 saturated heterocycles. The molecule has 1 aromatic carbocycles. The van der Waals surface area contributed by atoms with Gasteiger partial charge in [-0.25, -0.2) is 0 Å². The van der Waals surface area contributed by atoms with Crippen LogP contribution in [0.2, 0.25) is 0 Å². The first-order valence-electron chi connectivity index (χ1n) is 5.99. The van der Waals surface area contributed by atoms with E-state index in [4.69, 9.17) is 0 Å². The molecule has 0 aromatic heterocycles. The molecule has 0 amide bonds. The number of benzene rings is 1. The maximum Gasteiger partial charge on any atom is 0.0234 e. The summed E-state index contributed by atoms with van der Waals surface area (Å²) in [6.45, 7) is 6.10. The number of hydrogen-bond donors (Lipinski definition) is 1. The fourth-order valence-electron chi connectivity index (χ4n) is 2.93. The maximum absolute atomic E-state index is 3.48. The molecule has 1 aromatic rings. The lowest BCUT2D eigenvalue weighted by Gasteiger charge is -2.16. The van der Waals surface area contributed by atoms with Gasteiger partial charge in [0.05, 0.1) is 0 Å². The highest BCUT2D eigenvalue weighted by molar-refractivity contribution is 9.10. The highest BCUT2D eigenvalue weighted by Crippen LogP contribution is 2.27. The molecule has 2 aliphatic rings. The van der Waals surface area contributed by atoms with Crippen molar-refractivity contribution in [1.82, 2.24) is 10.2 Å². The van der Waals surface area contributed by atoms with Crippen LogP contribution in [0.3, 0.4) is 0 Å². The fourth-order valence-corrected chi connectivity index (χ4v) is 3.19. The zero-order chi connectivity index (χ0) is 11.0. The summed E-state index contributed by atoms with van der Waals surface area (Å²) in [5.74, 6) is 1.80. The Morgan fingerprint density at radius 3 is 2.38 bits per heavy atom. The van der Waals surface area contributed by atoms with E-state index in [9.17, 15) is 0 Å². The van der Waals surface area contributed by atoms with Crippen molar-refractivity contribution in [2.45, 2.75) is 6.54 Å². The second-order valence-corrected chi connectivity index (χ2v) is 5.91. The summed E-state index contributed by atoms with van der Waals surface area (Å²) < 4.78 is 1.17. The fraction of sp³-hybridized carbons (Fsp3) is 0.538. The minimum atomic E-state index is 0.899. The lowest BCUT2D eigenvalue weighted by atomic mass is 10.0. The van der Waals surface area contributed by atoms with Crippen molar-refractivity contribution in [3.63, 3.8) is 0 Å². The van der Waals surface area contributed by atoms with Crippen LogP contribution in [0.1, 0.15) is 5.56 Å². The SMILES string of the molecule is Brc1ccc(CN2CC3CNCC3C2)cc1. The van der Waals surface area contributed by atoms with E-state index >= 15 is 0 Å². The second kappa shape index (κ2) is 4.47. The van der Waals surface area contributed by atoms with Gasteiger partial charge >= 0.3 is 0 Å². The summed E-state index contributed by atoms with van der Waals surface area (Å²) in [4.78, 5) is 2.60. The zero-order valence-corrected chi connectivity index (χ0v) is 10.9. The Bertz CT molecular complexity index is 351. The van der Waals surface area contributed by atoms with Gasteiger partial charge in [-0.05, 0) is 42.6 Å². The van der Waals surface area contributed by atoms with Crippen molar-refractivity contribution in [2.75, 3.05) is 26.2 Å². The lowest BCUT2D eigenvalue weighted by molar-refractivity contribution is 0.305.